The highest BCUT2D eigenvalue weighted by atomic mass is 19.3. The van der Waals surface area contributed by atoms with Gasteiger partial charge in [0.05, 0.1) is 0 Å². The minimum Gasteiger partial charge on any atom is -0.434 e. The number of ether oxygens (including phenoxy) is 1. The van der Waals surface area contributed by atoms with Crippen LogP contribution in [0.5, 0.6) is 5.75 Å². The molecule has 1 aromatic rings. The highest BCUT2D eigenvalue weighted by Gasteiger charge is 2.25. The normalized spacial score (nSPS) is 18.4. The van der Waals surface area contributed by atoms with Gasteiger partial charge < -0.3 is 15.0 Å². The summed E-state index contributed by atoms with van der Waals surface area (Å²) in [7, 11) is 3.56. The molecule has 0 saturated carbocycles. The molecule has 1 atom stereocenters. The number of nitrogens with zero attached hydrogens (tertiary/aromatic N) is 3. The van der Waals surface area contributed by atoms with Gasteiger partial charge in [0.1, 0.15) is 11.6 Å². The van der Waals surface area contributed by atoms with Crippen molar-refractivity contribution in [2.24, 2.45) is 4.99 Å². The fourth-order valence-corrected chi connectivity index (χ4v) is 3.39. The Bertz CT molecular complexity index is 612. The standard InChI is InChI=1S/C18H27F3N4O/c1-4-25-10-6-7-13(25)12-24(3)18(22-2)23-11-14-15(19)8-5-9-16(14)26-17(20)21/h5,8-9,13,17H,4,6-7,10-12H2,1-3H3,(H,22,23). The first-order valence-corrected chi connectivity index (χ1v) is 8.84. The van der Waals surface area contributed by atoms with Crippen molar-refractivity contribution in [1.82, 2.24) is 15.1 Å². The van der Waals surface area contributed by atoms with Crippen molar-refractivity contribution in [3.05, 3.63) is 29.6 Å². The zero-order chi connectivity index (χ0) is 19.1. The van der Waals surface area contributed by atoms with Gasteiger partial charge in [-0.3, -0.25) is 9.89 Å². The van der Waals surface area contributed by atoms with Crippen LogP contribution in [-0.2, 0) is 6.54 Å². The number of likely N-dealkylation sites (N-methyl/N-ethyl adjacent to an activating group) is 2. The second kappa shape index (κ2) is 9.66. The van der Waals surface area contributed by atoms with Crippen molar-refractivity contribution in [3.8, 4) is 5.75 Å². The third-order valence-corrected chi connectivity index (χ3v) is 4.68. The molecule has 0 bridgehead atoms. The fourth-order valence-electron chi connectivity index (χ4n) is 3.39. The predicted octanol–water partition coefficient (Wildman–Crippen LogP) is 2.92. The Hall–Kier alpha value is -1.96. The van der Waals surface area contributed by atoms with Crippen molar-refractivity contribution >= 4 is 5.96 Å². The van der Waals surface area contributed by atoms with Crippen LogP contribution in [0.25, 0.3) is 0 Å². The lowest BCUT2D eigenvalue weighted by molar-refractivity contribution is -0.0506. The minimum atomic E-state index is -3.00. The Morgan fingerprint density at radius 2 is 2.23 bits per heavy atom. The first-order chi connectivity index (χ1) is 12.5. The molecule has 0 spiro atoms. The number of hydrogen-bond donors (Lipinski definition) is 1. The van der Waals surface area contributed by atoms with Crippen molar-refractivity contribution in [3.63, 3.8) is 0 Å². The van der Waals surface area contributed by atoms with E-state index in [1.807, 2.05) is 11.9 Å². The molecule has 0 amide bonds. The number of hydrogen-bond acceptors (Lipinski definition) is 3. The molecule has 0 aromatic heterocycles. The number of nitrogens with one attached hydrogen (secondary N) is 1. The third kappa shape index (κ3) is 5.27. The number of benzene rings is 1. The zero-order valence-electron chi connectivity index (χ0n) is 15.5. The first kappa shape index (κ1) is 20.4. The van der Waals surface area contributed by atoms with Crippen LogP contribution in [0.4, 0.5) is 13.2 Å². The summed E-state index contributed by atoms with van der Waals surface area (Å²) in [5, 5.41) is 3.04. The van der Waals surface area contributed by atoms with Crippen LogP contribution in [0.3, 0.4) is 0 Å². The Kier molecular flexibility index (Phi) is 7.56. The smallest absolute Gasteiger partial charge is 0.387 e. The van der Waals surface area contributed by atoms with E-state index in [4.69, 9.17) is 0 Å². The summed E-state index contributed by atoms with van der Waals surface area (Å²) < 4.78 is 43.5. The van der Waals surface area contributed by atoms with Gasteiger partial charge in [0.15, 0.2) is 5.96 Å². The molecule has 1 aliphatic rings. The lowest BCUT2D eigenvalue weighted by atomic mass is 10.2. The molecule has 1 aromatic carbocycles. The molecule has 1 fully saturated rings. The Balaban J connectivity index is 2.00. The highest BCUT2D eigenvalue weighted by molar-refractivity contribution is 5.79. The van der Waals surface area contributed by atoms with E-state index in [1.54, 1.807) is 7.05 Å². The summed E-state index contributed by atoms with van der Waals surface area (Å²) in [4.78, 5) is 8.62. The van der Waals surface area contributed by atoms with E-state index in [-0.39, 0.29) is 17.9 Å². The molecule has 1 heterocycles. The largest absolute Gasteiger partial charge is 0.434 e. The number of aliphatic imine (C=N–C) groups is 1. The molecular weight excluding hydrogens is 345 g/mol. The molecular formula is C18H27F3N4O. The second-order valence-electron chi connectivity index (χ2n) is 6.30. The molecule has 26 heavy (non-hydrogen) atoms. The number of likely N-dealkylation sites (tertiary alicyclic amines) is 1. The number of halogens is 3. The molecule has 1 aliphatic heterocycles. The summed E-state index contributed by atoms with van der Waals surface area (Å²) in [5.41, 5.74) is 0.0541. The van der Waals surface area contributed by atoms with Gasteiger partial charge in [-0.25, -0.2) is 4.39 Å². The van der Waals surface area contributed by atoms with Gasteiger partial charge in [-0.05, 0) is 38.1 Å². The van der Waals surface area contributed by atoms with E-state index < -0.39 is 12.4 Å². The van der Waals surface area contributed by atoms with E-state index in [0.29, 0.717) is 12.0 Å². The van der Waals surface area contributed by atoms with Crippen molar-refractivity contribution in [1.29, 1.82) is 0 Å². The summed E-state index contributed by atoms with van der Waals surface area (Å²) in [6, 6.07) is 4.35. The summed E-state index contributed by atoms with van der Waals surface area (Å²) >= 11 is 0. The monoisotopic (exact) mass is 372 g/mol. The lowest BCUT2D eigenvalue weighted by Gasteiger charge is -2.30. The number of guanidine groups is 1. The topological polar surface area (TPSA) is 40.1 Å². The van der Waals surface area contributed by atoms with Crippen molar-refractivity contribution in [2.45, 2.75) is 39.0 Å². The summed E-state index contributed by atoms with van der Waals surface area (Å²) in [6.07, 6.45) is 2.32. The zero-order valence-corrected chi connectivity index (χ0v) is 15.5. The van der Waals surface area contributed by atoms with E-state index in [2.05, 4.69) is 26.9 Å². The maximum Gasteiger partial charge on any atom is 0.387 e. The van der Waals surface area contributed by atoms with Gasteiger partial charge in [-0.2, -0.15) is 8.78 Å². The highest BCUT2D eigenvalue weighted by Crippen LogP contribution is 2.23. The Labute approximate surface area is 152 Å². The predicted molar refractivity (Wildman–Crippen MR) is 96.1 cm³/mol. The van der Waals surface area contributed by atoms with Crippen LogP contribution in [0.1, 0.15) is 25.3 Å². The van der Waals surface area contributed by atoms with Crippen LogP contribution >= 0.6 is 0 Å². The SMILES string of the molecule is CCN1CCCC1CN(C)C(=NC)NCc1c(F)cccc1OC(F)F. The van der Waals surface area contributed by atoms with E-state index >= 15 is 0 Å². The van der Waals surface area contributed by atoms with E-state index in [0.717, 1.165) is 26.1 Å². The first-order valence-electron chi connectivity index (χ1n) is 8.84. The van der Waals surface area contributed by atoms with Gasteiger partial charge in [0.25, 0.3) is 0 Å². The Morgan fingerprint density at radius 1 is 1.46 bits per heavy atom. The van der Waals surface area contributed by atoms with Gasteiger partial charge in [-0.1, -0.05) is 13.0 Å². The maximum absolute atomic E-state index is 14.1. The Morgan fingerprint density at radius 3 is 2.88 bits per heavy atom. The molecule has 1 saturated heterocycles. The van der Waals surface area contributed by atoms with Gasteiger partial charge in [0, 0.05) is 38.8 Å². The molecule has 0 radical (unpaired) electrons. The van der Waals surface area contributed by atoms with Gasteiger partial charge in [-0.15, -0.1) is 0 Å². The summed E-state index contributed by atoms with van der Waals surface area (Å²) in [5.74, 6) is -0.181. The minimum absolute atomic E-state index is 0.00784. The van der Waals surface area contributed by atoms with Crippen LogP contribution in [0.2, 0.25) is 0 Å². The third-order valence-electron chi connectivity index (χ3n) is 4.68. The molecule has 1 unspecified atom stereocenters. The van der Waals surface area contributed by atoms with Crippen LogP contribution in [-0.4, -0.2) is 62.1 Å². The van der Waals surface area contributed by atoms with Crippen LogP contribution in [0.15, 0.2) is 23.2 Å². The lowest BCUT2D eigenvalue weighted by Crippen LogP contribution is -2.45. The average molecular weight is 372 g/mol. The number of alkyl halides is 2. The molecule has 8 heteroatoms. The maximum atomic E-state index is 14.1. The summed E-state index contributed by atoms with van der Waals surface area (Å²) in [6.45, 7) is 2.06. The second-order valence-corrected chi connectivity index (χ2v) is 6.30. The fraction of sp³-hybridized carbons (Fsp3) is 0.611. The molecule has 0 aliphatic carbocycles. The molecule has 2 rings (SSSR count). The van der Waals surface area contributed by atoms with Crippen molar-refractivity contribution in [2.75, 3.05) is 33.7 Å². The molecule has 5 nitrogen and oxygen atoms in total. The molecule has 146 valence electrons. The number of rotatable bonds is 7. The molecule has 1 N–H and O–H groups in total. The van der Waals surface area contributed by atoms with E-state index in [9.17, 15) is 13.2 Å². The van der Waals surface area contributed by atoms with Crippen molar-refractivity contribution < 1.29 is 17.9 Å². The van der Waals surface area contributed by atoms with Gasteiger partial charge in [0.2, 0.25) is 0 Å². The van der Waals surface area contributed by atoms with Crippen LogP contribution < -0.4 is 10.1 Å². The van der Waals surface area contributed by atoms with E-state index in [1.165, 1.54) is 24.6 Å². The average Bonchev–Trinajstić information content (AvgIpc) is 3.04. The van der Waals surface area contributed by atoms with Gasteiger partial charge >= 0.3 is 6.61 Å². The van der Waals surface area contributed by atoms with Crippen LogP contribution in [0, 0.1) is 5.82 Å². The quantitative estimate of drug-likeness (QED) is 0.590.